The van der Waals surface area contributed by atoms with Gasteiger partial charge in [0.2, 0.25) is 0 Å². The molecule has 0 saturated heterocycles. The van der Waals surface area contributed by atoms with Crippen LogP contribution in [0.3, 0.4) is 0 Å². The Balaban J connectivity index is 2.87. The van der Waals surface area contributed by atoms with Gasteiger partial charge in [-0.1, -0.05) is 40.9 Å². The Bertz CT molecular complexity index is 438. The van der Waals surface area contributed by atoms with Crippen LogP contribution in [0.2, 0.25) is 5.02 Å². The second-order valence-electron chi connectivity index (χ2n) is 3.32. The SMILES string of the molecule is CC(C=C(Cl)Cl)NC(=O)c1c(F)cccc1Cl. The molecule has 0 spiro atoms. The first-order chi connectivity index (χ1) is 7.91. The smallest absolute Gasteiger partial charge is 0.256 e. The summed E-state index contributed by atoms with van der Waals surface area (Å²) in [6.07, 6.45) is 1.41. The average Bonchev–Trinajstić information content (AvgIpc) is 2.15. The van der Waals surface area contributed by atoms with Gasteiger partial charge in [0.05, 0.1) is 10.6 Å². The van der Waals surface area contributed by atoms with Crippen molar-refractivity contribution in [3.05, 3.63) is 45.2 Å². The van der Waals surface area contributed by atoms with Gasteiger partial charge >= 0.3 is 0 Å². The van der Waals surface area contributed by atoms with E-state index in [1.807, 2.05) is 0 Å². The lowest BCUT2D eigenvalue weighted by molar-refractivity contribution is 0.0943. The third-order valence-corrected chi connectivity index (χ3v) is 2.49. The summed E-state index contributed by atoms with van der Waals surface area (Å²) < 4.78 is 13.4. The number of carbonyl (C=O) groups excluding carboxylic acids is 1. The molecule has 1 rings (SSSR count). The normalized spacial score (nSPS) is 11.8. The predicted octanol–water partition coefficient (Wildman–Crippen LogP) is 3.92. The monoisotopic (exact) mass is 295 g/mol. The van der Waals surface area contributed by atoms with Crippen molar-refractivity contribution in [3.63, 3.8) is 0 Å². The molecule has 6 heteroatoms. The van der Waals surface area contributed by atoms with Gasteiger partial charge in [-0.3, -0.25) is 4.79 Å². The third-order valence-electron chi connectivity index (χ3n) is 1.92. The predicted molar refractivity (Wildman–Crippen MR) is 68.1 cm³/mol. The van der Waals surface area contributed by atoms with Gasteiger partial charge in [-0.15, -0.1) is 0 Å². The van der Waals surface area contributed by atoms with Crippen LogP contribution in [-0.4, -0.2) is 11.9 Å². The van der Waals surface area contributed by atoms with Gasteiger partial charge in [-0.25, -0.2) is 4.39 Å². The Hall–Kier alpha value is -0.770. The van der Waals surface area contributed by atoms with E-state index in [9.17, 15) is 9.18 Å². The lowest BCUT2D eigenvalue weighted by Crippen LogP contribution is -2.32. The molecule has 0 aromatic heterocycles. The highest BCUT2D eigenvalue weighted by molar-refractivity contribution is 6.55. The van der Waals surface area contributed by atoms with E-state index in [1.54, 1.807) is 6.92 Å². The van der Waals surface area contributed by atoms with E-state index < -0.39 is 17.8 Å². The topological polar surface area (TPSA) is 29.1 Å². The van der Waals surface area contributed by atoms with E-state index in [-0.39, 0.29) is 15.1 Å². The van der Waals surface area contributed by atoms with Crippen molar-refractivity contribution < 1.29 is 9.18 Å². The standard InChI is InChI=1S/C11H9Cl3FNO/c1-6(5-9(13)14)16-11(17)10-7(12)3-2-4-8(10)15/h2-6H,1H3,(H,16,17). The average molecular weight is 297 g/mol. The summed E-state index contributed by atoms with van der Waals surface area (Å²) in [5, 5.41) is 2.55. The third kappa shape index (κ3) is 4.19. The minimum absolute atomic E-state index is 0.0254. The molecule has 2 nitrogen and oxygen atoms in total. The Morgan fingerprint density at radius 3 is 2.65 bits per heavy atom. The Morgan fingerprint density at radius 2 is 2.12 bits per heavy atom. The molecule has 0 bridgehead atoms. The summed E-state index contributed by atoms with van der Waals surface area (Å²) >= 11 is 16.6. The molecule has 1 amide bonds. The van der Waals surface area contributed by atoms with Gasteiger partial charge < -0.3 is 5.32 Å². The molecule has 1 N–H and O–H groups in total. The summed E-state index contributed by atoms with van der Waals surface area (Å²) in [6, 6.07) is 3.60. The second-order valence-corrected chi connectivity index (χ2v) is 4.73. The zero-order valence-electron chi connectivity index (χ0n) is 8.81. The zero-order chi connectivity index (χ0) is 13.0. The minimum atomic E-state index is -0.678. The number of amides is 1. The van der Waals surface area contributed by atoms with Crippen LogP contribution in [-0.2, 0) is 0 Å². The molecule has 0 aliphatic carbocycles. The van der Waals surface area contributed by atoms with Crippen molar-refractivity contribution in [1.82, 2.24) is 5.32 Å². The minimum Gasteiger partial charge on any atom is -0.346 e. The molecule has 0 aliphatic rings. The van der Waals surface area contributed by atoms with Crippen molar-refractivity contribution in [2.45, 2.75) is 13.0 Å². The van der Waals surface area contributed by atoms with E-state index in [0.29, 0.717) is 0 Å². The molecule has 1 aromatic carbocycles. The molecule has 0 aliphatic heterocycles. The number of nitrogens with one attached hydrogen (secondary N) is 1. The highest BCUT2D eigenvalue weighted by Crippen LogP contribution is 2.19. The second kappa shape index (κ2) is 6.24. The quantitative estimate of drug-likeness (QED) is 0.900. The highest BCUT2D eigenvalue weighted by Gasteiger charge is 2.16. The molecule has 17 heavy (non-hydrogen) atoms. The summed E-state index contributed by atoms with van der Waals surface area (Å²) in [7, 11) is 0. The summed E-state index contributed by atoms with van der Waals surface area (Å²) in [6.45, 7) is 1.65. The maximum Gasteiger partial charge on any atom is 0.256 e. The Morgan fingerprint density at radius 1 is 1.47 bits per heavy atom. The van der Waals surface area contributed by atoms with Gasteiger partial charge in [-0.2, -0.15) is 0 Å². The molecule has 0 saturated carbocycles. The van der Waals surface area contributed by atoms with Crippen molar-refractivity contribution in [2.24, 2.45) is 0 Å². The summed E-state index contributed by atoms with van der Waals surface area (Å²) in [5.41, 5.74) is -0.194. The maximum atomic E-state index is 13.4. The van der Waals surface area contributed by atoms with Crippen LogP contribution in [0.15, 0.2) is 28.8 Å². The zero-order valence-corrected chi connectivity index (χ0v) is 11.1. The number of rotatable bonds is 3. The van der Waals surface area contributed by atoms with Crippen LogP contribution < -0.4 is 5.32 Å². The first kappa shape index (κ1) is 14.3. The number of hydrogen-bond acceptors (Lipinski definition) is 1. The molecule has 0 radical (unpaired) electrons. The molecule has 1 atom stereocenters. The number of carbonyl (C=O) groups is 1. The lowest BCUT2D eigenvalue weighted by Gasteiger charge is -2.11. The molecular weight excluding hydrogens is 287 g/mol. The fraction of sp³-hybridized carbons (Fsp3) is 0.182. The van der Waals surface area contributed by atoms with E-state index in [4.69, 9.17) is 34.8 Å². The van der Waals surface area contributed by atoms with Crippen LogP contribution in [0.5, 0.6) is 0 Å². The van der Waals surface area contributed by atoms with Crippen molar-refractivity contribution >= 4 is 40.7 Å². The van der Waals surface area contributed by atoms with Crippen molar-refractivity contribution in [3.8, 4) is 0 Å². The first-order valence-corrected chi connectivity index (χ1v) is 5.83. The molecule has 0 fully saturated rings. The Kier molecular flexibility index (Phi) is 5.25. The van der Waals surface area contributed by atoms with Crippen molar-refractivity contribution in [2.75, 3.05) is 0 Å². The van der Waals surface area contributed by atoms with E-state index >= 15 is 0 Å². The van der Waals surface area contributed by atoms with Crippen molar-refractivity contribution in [1.29, 1.82) is 0 Å². The van der Waals surface area contributed by atoms with E-state index in [1.165, 1.54) is 18.2 Å². The van der Waals surface area contributed by atoms with Gasteiger partial charge in [0.1, 0.15) is 10.3 Å². The van der Waals surface area contributed by atoms with Gasteiger partial charge in [0, 0.05) is 6.04 Å². The lowest BCUT2D eigenvalue weighted by atomic mass is 10.2. The summed E-state index contributed by atoms with van der Waals surface area (Å²) in [4.78, 5) is 11.7. The first-order valence-electron chi connectivity index (χ1n) is 4.69. The molecule has 92 valence electrons. The van der Waals surface area contributed by atoms with Crippen LogP contribution in [0.4, 0.5) is 4.39 Å². The number of benzene rings is 1. The maximum absolute atomic E-state index is 13.4. The van der Waals surface area contributed by atoms with Gasteiger partial charge in [-0.05, 0) is 25.1 Å². The fourth-order valence-corrected chi connectivity index (χ4v) is 1.85. The summed E-state index contributed by atoms with van der Waals surface area (Å²) in [5.74, 6) is -1.30. The molecule has 1 unspecified atom stereocenters. The van der Waals surface area contributed by atoms with Gasteiger partial charge in [0.15, 0.2) is 0 Å². The largest absolute Gasteiger partial charge is 0.346 e. The van der Waals surface area contributed by atoms with E-state index in [2.05, 4.69) is 5.32 Å². The van der Waals surface area contributed by atoms with Crippen LogP contribution in [0, 0.1) is 5.82 Å². The number of halogens is 4. The van der Waals surface area contributed by atoms with Gasteiger partial charge in [0.25, 0.3) is 5.91 Å². The molecule has 1 aromatic rings. The number of hydrogen-bond donors (Lipinski definition) is 1. The molecular formula is C11H9Cl3FNO. The van der Waals surface area contributed by atoms with Crippen LogP contribution >= 0.6 is 34.8 Å². The highest BCUT2D eigenvalue weighted by atomic mass is 35.5. The van der Waals surface area contributed by atoms with Crippen LogP contribution in [0.1, 0.15) is 17.3 Å². The Labute approximate surface area is 113 Å². The van der Waals surface area contributed by atoms with Crippen LogP contribution in [0.25, 0.3) is 0 Å². The molecule has 0 heterocycles. The van der Waals surface area contributed by atoms with E-state index in [0.717, 1.165) is 6.07 Å². The fourth-order valence-electron chi connectivity index (χ4n) is 1.22.